The fourth-order valence-electron chi connectivity index (χ4n) is 0.682. The molecule has 0 unspecified atom stereocenters. The summed E-state index contributed by atoms with van der Waals surface area (Å²) in [5, 5.41) is 11.1. The van der Waals surface area contributed by atoms with Crippen LogP contribution in [0.4, 0.5) is 5.69 Å². The number of hydrogen-bond acceptors (Lipinski definition) is 3. The summed E-state index contributed by atoms with van der Waals surface area (Å²) in [5.41, 5.74) is 0.987. The molecule has 2 N–H and O–H groups in total. The van der Waals surface area contributed by atoms with Crippen molar-refractivity contribution in [2.24, 2.45) is 0 Å². The number of anilines is 1. The molecule has 0 aliphatic heterocycles. The third-order valence-electron chi connectivity index (χ3n) is 1.25. The normalized spacial score (nSPS) is 9.00. The van der Waals surface area contributed by atoms with Crippen LogP contribution in [-0.4, -0.2) is 12.3 Å². The lowest BCUT2D eigenvalue weighted by atomic mass is 10.3. The first kappa shape index (κ1) is 6.89. The molecule has 3 heteroatoms. The van der Waals surface area contributed by atoms with E-state index < -0.39 is 0 Å². The van der Waals surface area contributed by atoms with Crippen LogP contribution in [0, 0.1) is 0 Å². The first-order valence-electron chi connectivity index (χ1n) is 2.96. The Morgan fingerprint density at radius 3 is 2.30 bits per heavy atom. The highest BCUT2D eigenvalue weighted by Crippen LogP contribution is 2.13. The van der Waals surface area contributed by atoms with Crippen LogP contribution in [0.1, 0.15) is 0 Å². The van der Waals surface area contributed by atoms with E-state index in [1.807, 2.05) is 19.2 Å². The van der Waals surface area contributed by atoms with Gasteiger partial charge in [-0.2, -0.15) is 0 Å². The highest BCUT2D eigenvalue weighted by molar-refractivity contribution is 5.45. The Balaban J connectivity index is 2.80. The van der Waals surface area contributed by atoms with Crippen molar-refractivity contribution >= 4 is 5.69 Å². The van der Waals surface area contributed by atoms with Crippen molar-refractivity contribution in [1.29, 1.82) is 0 Å². The minimum absolute atomic E-state index is 0.444. The monoisotopic (exact) mass is 139 g/mol. The second-order valence-electron chi connectivity index (χ2n) is 1.87. The van der Waals surface area contributed by atoms with Gasteiger partial charge in [0.25, 0.3) is 0 Å². The molecule has 1 rings (SSSR count). The van der Waals surface area contributed by atoms with Gasteiger partial charge in [-0.05, 0) is 24.3 Å². The van der Waals surface area contributed by atoms with Crippen molar-refractivity contribution < 1.29 is 10.1 Å². The zero-order valence-electron chi connectivity index (χ0n) is 5.66. The molecule has 3 nitrogen and oxygen atoms in total. The molecular formula is C7H9NO2. The SMILES string of the molecule is CNc1ccc(OO)cc1. The summed E-state index contributed by atoms with van der Waals surface area (Å²) in [5.74, 6) is 0.444. The number of rotatable bonds is 2. The van der Waals surface area contributed by atoms with Crippen LogP contribution in [0.3, 0.4) is 0 Å². The van der Waals surface area contributed by atoms with Crippen LogP contribution in [0.25, 0.3) is 0 Å². The Morgan fingerprint density at radius 2 is 1.90 bits per heavy atom. The van der Waals surface area contributed by atoms with Crippen LogP contribution < -0.4 is 10.2 Å². The summed E-state index contributed by atoms with van der Waals surface area (Å²) in [6.07, 6.45) is 0. The molecule has 0 bridgehead atoms. The molecule has 1 aromatic rings. The molecule has 0 fully saturated rings. The third kappa shape index (κ3) is 1.39. The van der Waals surface area contributed by atoms with Gasteiger partial charge in [-0.1, -0.05) is 0 Å². The first-order valence-corrected chi connectivity index (χ1v) is 2.96. The van der Waals surface area contributed by atoms with Crippen molar-refractivity contribution in [3.05, 3.63) is 24.3 Å². The molecule has 0 aliphatic carbocycles. The molecule has 0 atom stereocenters. The van der Waals surface area contributed by atoms with Crippen molar-refractivity contribution in [1.82, 2.24) is 0 Å². The van der Waals surface area contributed by atoms with Crippen molar-refractivity contribution in [3.63, 3.8) is 0 Å². The van der Waals surface area contributed by atoms with E-state index in [0.29, 0.717) is 5.75 Å². The fourth-order valence-corrected chi connectivity index (χ4v) is 0.682. The molecule has 0 spiro atoms. The maximum Gasteiger partial charge on any atom is 0.165 e. The van der Waals surface area contributed by atoms with Crippen LogP contribution in [0.2, 0.25) is 0 Å². The van der Waals surface area contributed by atoms with E-state index in [2.05, 4.69) is 10.2 Å². The van der Waals surface area contributed by atoms with E-state index in [9.17, 15) is 0 Å². The predicted molar refractivity (Wildman–Crippen MR) is 39.2 cm³/mol. The number of benzene rings is 1. The van der Waals surface area contributed by atoms with E-state index in [0.717, 1.165) is 5.69 Å². The van der Waals surface area contributed by atoms with Gasteiger partial charge in [0.15, 0.2) is 5.75 Å². The van der Waals surface area contributed by atoms with Crippen LogP contribution in [0.15, 0.2) is 24.3 Å². The third-order valence-corrected chi connectivity index (χ3v) is 1.25. The second kappa shape index (κ2) is 3.08. The molecule has 1 aromatic carbocycles. The van der Waals surface area contributed by atoms with Crippen molar-refractivity contribution in [2.75, 3.05) is 12.4 Å². The molecule has 0 heterocycles. The highest BCUT2D eigenvalue weighted by Gasteiger charge is 1.90. The largest absolute Gasteiger partial charge is 0.388 e. The lowest BCUT2D eigenvalue weighted by Gasteiger charge is -1.99. The number of hydrogen-bond donors (Lipinski definition) is 2. The minimum atomic E-state index is 0.444. The summed E-state index contributed by atoms with van der Waals surface area (Å²) >= 11 is 0. The van der Waals surface area contributed by atoms with Gasteiger partial charge in [-0.25, -0.2) is 5.26 Å². The Morgan fingerprint density at radius 1 is 1.30 bits per heavy atom. The quantitative estimate of drug-likeness (QED) is 0.482. The summed E-state index contributed by atoms with van der Waals surface area (Å²) in [4.78, 5) is 3.99. The van der Waals surface area contributed by atoms with Crippen molar-refractivity contribution in [3.8, 4) is 5.75 Å². The number of nitrogens with one attached hydrogen (secondary N) is 1. The van der Waals surface area contributed by atoms with Gasteiger partial charge >= 0.3 is 0 Å². The Bertz CT molecular complexity index is 172. The standard InChI is InChI=1S/C7H9NO2/c1-8-6-2-4-7(10-9)5-3-6/h2-5,8-9H,1H3. The minimum Gasteiger partial charge on any atom is -0.388 e. The summed E-state index contributed by atoms with van der Waals surface area (Å²) in [7, 11) is 1.83. The second-order valence-corrected chi connectivity index (χ2v) is 1.87. The molecule has 0 saturated heterocycles. The highest BCUT2D eigenvalue weighted by atomic mass is 17.1. The van der Waals surface area contributed by atoms with Crippen LogP contribution in [-0.2, 0) is 0 Å². The molecule has 0 radical (unpaired) electrons. The lowest BCUT2D eigenvalue weighted by molar-refractivity contribution is -0.137. The van der Waals surface area contributed by atoms with Gasteiger partial charge in [0.2, 0.25) is 0 Å². The van der Waals surface area contributed by atoms with E-state index in [-0.39, 0.29) is 0 Å². The van der Waals surface area contributed by atoms with E-state index in [4.69, 9.17) is 5.26 Å². The maximum atomic E-state index is 8.18. The zero-order chi connectivity index (χ0) is 7.40. The summed E-state index contributed by atoms with van der Waals surface area (Å²) < 4.78 is 0. The Labute approximate surface area is 59.2 Å². The lowest BCUT2D eigenvalue weighted by Crippen LogP contribution is -1.87. The first-order chi connectivity index (χ1) is 4.86. The fraction of sp³-hybridized carbons (Fsp3) is 0.143. The average molecular weight is 139 g/mol. The van der Waals surface area contributed by atoms with Gasteiger partial charge in [-0.3, -0.25) is 0 Å². The van der Waals surface area contributed by atoms with E-state index in [1.165, 1.54) is 0 Å². The topological polar surface area (TPSA) is 41.5 Å². The summed E-state index contributed by atoms with van der Waals surface area (Å²) in [6, 6.07) is 6.97. The van der Waals surface area contributed by atoms with Gasteiger partial charge in [0.1, 0.15) is 0 Å². The predicted octanol–water partition coefficient (Wildman–Crippen LogP) is 1.58. The molecular weight excluding hydrogens is 130 g/mol. The molecule has 0 aliphatic rings. The molecule has 0 saturated carbocycles. The van der Waals surface area contributed by atoms with Gasteiger partial charge in [0, 0.05) is 12.7 Å². The van der Waals surface area contributed by atoms with E-state index >= 15 is 0 Å². The molecule has 0 aromatic heterocycles. The van der Waals surface area contributed by atoms with Crippen molar-refractivity contribution in [2.45, 2.75) is 0 Å². The molecule has 0 amide bonds. The van der Waals surface area contributed by atoms with Gasteiger partial charge < -0.3 is 10.2 Å². The maximum absolute atomic E-state index is 8.18. The molecule has 10 heavy (non-hydrogen) atoms. The zero-order valence-corrected chi connectivity index (χ0v) is 5.66. The van der Waals surface area contributed by atoms with Crippen LogP contribution >= 0.6 is 0 Å². The summed E-state index contributed by atoms with van der Waals surface area (Å²) in [6.45, 7) is 0. The average Bonchev–Trinajstić information content (AvgIpc) is 2.05. The van der Waals surface area contributed by atoms with Gasteiger partial charge in [-0.15, -0.1) is 0 Å². The smallest absolute Gasteiger partial charge is 0.165 e. The van der Waals surface area contributed by atoms with Crippen LogP contribution in [0.5, 0.6) is 5.75 Å². The Hall–Kier alpha value is -1.22. The van der Waals surface area contributed by atoms with Gasteiger partial charge in [0.05, 0.1) is 0 Å². The van der Waals surface area contributed by atoms with E-state index in [1.54, 1.807) is 12.1 Å². The Kier molecular flexibility index (Phi) is 2.12. The molecule has 54 valence electrons.